The van der Waals surface area contributed by atoms with Gasteiger partial charge in [0.15, 0.2) is 11.6 Å². The van der Waals surface area contributed by atoms with Gasteiger partial charge in [0.2, 0.25) is 0 Å². The van der Waals surface area contributed by atoms with Crippen LogP contribution >= 0.6 is 0 Å². The van der Waals surface area contributed by atoms with Gasteiger partial charge in [-0.15, -0.1) is 0 Å². The van der Waals surface area contributed by atoms with Crippen molar-refractivity contribution in [1.82, 2.24) is 4.57 Å². The Morgan fingerprint density at radius 1 is 0.917 bits per heavy atom. The van der Waals surface area contributed by atoms with Crippen LogP contribution in [0, 0.1) is 0 Å². The molecule has 3 aromatic rings. The van der Waals surface area contributed by atoms with Crippen molar-refractivity contribution in [1.29, 1.82) is 0 Å². The number of aliphatic hydroxyl groups excluding tert-OH is 1. The van der Waals surface area contributed by atoms with Crippen LogP contribution in [0.15, 0.2) is 53.3 Å². The SMILES string of the molecule is O=C(CO)Cn1c2c(c3ccccc3c1=O)C(=O)c1ccccc1-2. The van der Waals surface area contributed by atoms with Crippen LogP contribution in [0.2, 0.25) is 0 Å². The zero-order valence-corrected chi connectivity index (χ0v) is 12.7. The van der Waals surface area contributed by atoms with E-state index in [0.717, 1.165) is 0 Å². The van der Waals surface area contributed by atoms with E-state index in [2.05, 4.69) is 0 Å². The van der Waals surface area contributed by atoms with Crippen molar-refractivity contribution in [3.8, 4) is 11.3 Å². The number of benzene rings is 2. The molecule has 0 bridgehead atoms. The quantitative estimate of drug-likeness (QED) is 0.624. The average Bonchev–Trinajstić information content (AvgIpc) is 2.92. The summed E-state index contributed by atoms with van der Waals surface area (Å²) in [4.78, 5) is 37.5. The molecule has 1 N–H and O–H groups in total. The first-order valence-corrected chi connectivity index (χ1v) is 7.55. The minimum Gasteiger partial charge on any atom is -0.389 e. The Hall–Kier alpha value is -3.05. The van der Waals surface area contributed by atoms with Crippen LogP contribution in [0.4, 0.5) is 0 Å². The minimum atomic E-state index is -0.649. The van der Waals surface area contributed by atoms with Gasteiger partial charge in [-0.1, -0.05) is 42.5 Å². The topological polar surface area (TPSA) is 76.4 Å². The number of rotatable bonds is 3. The molecule has 0 radical (unpaired) electrons. The number of Topliss-reactive ketones (excluding diaryl/α,β-unsaturated/α-hetero) is 1. The Kier molecular flexibility index (Phi) is 3.18. The van der Waals surface area contributed by atoms with E-state index in [1.54, 1.807) is 48.5 Å². The second kappa shape index (κ2) is 5.25. The Morgan fingerprint density at radius 2 is 1.54 bits per heavy atom. The van der Waals surface area contributed by atoms with Crippen molar-refractivity contribution in [2.24, 2.45) is 0 Å². The molecule has 0 saturated heterocycles. The molecule has 0 aliphatic heterocycles. The van der Waals surface area contributed by atoms with Crippen LogP contribution in [-0.4, -0.2) is 27.8 Å². The lowest BCUT2D eigenvalue weighted by molar-refractivity contribution is -0.122. The number of aliphatic hydroxyl groups is 1. The Labute approximate surface area is 136 Å². The molecule has 0 unspecified atom stereocenters. The summed E-state index contributed by atoms with van der Waals surface area (Å²) in [6, 6.07) is 13.9. The van der Waals surface area contributed by atoms with E-state index in [1.165, 1.54) is 4.57 Å². The first-order chi connectivity index (χ1) is 11.6. The fourth-order valence-electron chi connectivity index (χ4n) is 3.31. The van der Waals surface area contributed by atoms with E-state index in [-0.39, 0.29) is 17.9 Å². The Bertz CT molecular complexity index is 1080. The van der Waals surface area contributed by atoms with Crippen molar-refractivity contribution in [3.63, 3.8) is 0 Å². The zero-order valence-electron chi connectivity index (χ0n) is 12.7. The molecule has 0 spiro atoms. The Balaban J connectivity index is 2.17. The van der Waals surface area contributed by atoms with E-state index in [9.17, 15) is 14.4 Å². The Morgan fingerprint density at radius 3 is 2.25 bits per heavy atom. The van der Waals surface area contributed by atoms with Crippen molar-refractivity contribution in [3.05, 3.63) is 70.0 Å². The maximum absolute atomic E-state index is 12.9. The van der Waals surface area contributed by atoms with Gasteiger partial charge in [-0.25, -0.2) is 0 Å². The van der Waals surface area contributed by atoms with Gasteiger partial charge in [0, 0.05) is 21.9 Å². The molecule has 5 heteroatoms. The highest BCUT2D eigenvalue weighted by molar-refractivity contribution is 6.26. The maximum atomic E-state index is 12.9. The normalized spacial score (nSPS) is 12.3. The van der Waals surface area contributed by atoms with E-state index in [0.29, 0.717) is 33.2 Å². The number of fused-ring (bicyclic) bond motifs is 5. The summed E-state index contributed by atoms with van der Waals surface area (Å²) >= 11 is 0. The molecule has 0 fully saturated rings. The first kappa shape index (κ1) is 14.5. The van der Waals surface area contributed by atoms with Crippen LogP contribution in [0.3, 0.4) is 0 Å². The molecule has 0 saturated carbocycles. The highest BCUT2D eigenvalue weighted by Crippen LogP contribution is 2.38. The van der Waals surface area contributed by atoms with Gasteiger partial charge in [0.1, 0.15) is 6.61 Å². The number of pyridine rings is 1. The molecular weight excluding hydrogens is 306 g/mol. The molecule has 1 aliphatic carbocycles. The van der Waals surface area contributed by atoms with Gasteiger partial charge in [-0.3, -0.25) is 19.0 Å². The van der Waals surface area contributed by atoms with E-state index < -0.39 is 12.4 Å². The van der Waals surface area contributed by atoms with E-state index in [1.807, 2.05) is 0 Å². The van der Waals surface area contributed by atoms with Crippen LogP contribution in [0.25, 0.3) is 22.0 Å². The molecule has 5 nitrogen and oxygen atoms in total. The largest absolute Gasteiger partial charge is 0.389 e. The summed E-state index contributed by atoms with van der Waals surface area (Å²) in [6.45, 7) is -0.909. The number of ketones is 2. The van der Waals surface area contributed by atoms with Gasteiger partial charge in [-0.2, -0.15) is 0 Å². The van der Waals surface area contributed by atoms with E-state index in [4.69, 9.17) is 5.11 Å². The van der Waals surface area contributed by atoms with Gasteiger partial charge in [0.05, 0.1) is 17.8 Å². The van der Waals surface area contributed by atoms with Crippen molar-refractivity contribution in [2.45, 2.75) is 6.54 Å². The summed E-state index contributed by atoms with van der Waals surface area (Å²) in [6.07, 6.45) is 0. The summed E-state index contributed by atoms with van der Waals surface area (Å²) in [5.74, 6) is -0.631. The molecule has 2 aromatic carbocycles. The van der Waals surface area contributed by atoms with E-state index >= 15 is 0 Å². The molecule has 1 aromatic heterocycles. The third-order valence-corrected chi connectivity index (χ3v) is 4.34. The molecule has 1 heterocycles. The molecule has 1 aliphatic rings. The smallest absolute Gasteiger partial charge is 0.259 e. The second-order valence-electron chi connectivity index (χ2n) is 5.73. The number of aromatic nitrogens is 1. The fourth-order valence-corrected chi connectivity index (χ4v) is 3.31. The standard InChI is InChI=1S/C19H13NO4/c21-10-11(22)9-20-17-13-6-2-3-7-14(13)18(23)16(17)12-5-1-4-8-15(12)19(20)24/h1-8,21H,9-10H2. The van der Waals surface area contributed by atoms with Crippen LogP contribution in [0.1, 0.15) is 15.9 Å². The molecule has 24 heavy (non-hydrogen) atoms. The second-order valence-corrected chi connectivity index (χ2v) is 5.73. The number of carbonyl (C=O) groups is 2. The number of nitrogens with zero attached hydrogens (tertiary/aromatic N) is 1. The molecule has 0 atom stereocenters. The minimum absolute atomic E-state index is 0.151. The number of hydrogen-bond donors (Lipinski definition) is 1. The van der Waals surface area contributed by atoms with Crippen molar-refractivity contribution in [2.75, 3.05) is 6.61 Å². The van der Waals surface area contributed by atoms with Gasteiger partial charge >= 0.3 is 0 Å². The van der Waals surface area contributed by atoms with Crippen LogP contribution < -0.4 is 5.56 Å². The lowest BCUT2D eigenvalue weighted by atomic mass is 10.0. The number of hydrogen-bond acceptors (Lipinski definition) is 4. The lowest BCUT2D eigenvalue weighted by Gasteiger charge is -2.14. The van der Waals surface area contributed by atoms with Gasteiger partial charge in [-0.05, 0) is 6.07 Å². The summed E-state index contributed by atoms with van der Waals surface area (Å²) < 4.78 is 1.31. The van der Waals surface area contributed by atoms with Crippen molar-refractivity contribution >= 4 is 22.3 Å². The molecule has 0 amide bonds. The molecule has 118 valence electrons. The van der Waals surface area contributed by atoms with Crippen LogP contribution in [0.5, 0.6) is 0 Å². The third kappa shape index (κ3) is 1.88. The highest BCUT2D eigenvalue weighted by Gasteiger charge is 2.32. The average molecular weight is 319 g/mol. The fraction of sp³-hybridized carbons (Fsp3) is 0.105. The molecular formula is C19H13NO4. The molecule has 4 rings (SSSR count). The van der Waals surface area contributed by atoms with Crippen LogP contribution in [-0.2, 0) is 11.3 Å². The highest BCUT2D eigenvalue weighted by atomic mass is 16.3. The predicted octanol–water partition coefficient (Wildman–Crippen LogP) is 1.77. The monoisotopic (exact) mass is 319 g/mol. The lowest BCUT2D eigenvalue weighted by Crippen LogP contribution is -2.28. The third-order valence-electron chi connectivity index (χ3n) is 4.34. The van der Waals surface area contributed by atoms with Gasteiger partial charge < -0.3 is 5.11 Å². The summed E-state index contributed by atoms with van der Waals surface area (Å²) in [7, 11) is 0. The maximum Gasteiger partial charge on any atom is 0.259 e. The summed E-state index contributed by atoms with van der Waals surface area (Å²) in [5.41, 5.74) is 1.73. The first-order valence-electron chi connectivity index (χ1n) is 7.55. The van der Waals surface area contributed by atoms with Crippen molar-refractivity contribution < 1.29 is 14.7 Å². The summed E-state index contributed by atoms with van der Waals surface area (Å²) in [5, 5.41) is 10.0. The van der Waals surface area contributed by atoms with Gasteiger partial charge in [0.25, 0.3) is 5.56 Å². The number of carbonyl (C=O) groups excluding carboxylic acids is 2. The predicted molar refractivity (Wildman–Crippen MR) is 89.2 cm³/mol. The zero-order chi connectivity index (χ0) is 16.8.